The van der Waals surface area contributed by atoms with Crippen LogP contribution < -0.4 is 10.6 Å². The summed E-state index contributed by atoms with van der Waals surface area (Å²) in [5.74, 6) is 0.912. The summed E-state index contributed by atoms with van der Waals surface area (Å²) >= 11 is 0. The fourth-order valence-corrected chi connectivity index (χ4v) is 3.23. The number of halogens is 1. The van der Waals surface area contributed by atoms with Crippen LogP contribution in [0.1, 0.15) is 30.6 Å². The lowest BCUT2D eigenvalue weighted by Gasteiger charge is -2.20. The quantitative estimate of drug-likeness (QED) is 0.614. The number of nitrogens with zero attached hydrogens (tertiary/aromatic N) is 1. The minimum absolute atomic E-state index is 0.120. The second kappa shape index (κ2) is 9.34. The molecule has 1 saturated heterocycles. The molecule has 1 heterocycles. The van der Waals surface area contributed by atoms with Crippen molar-refractivity contribution in [3.05, 3.63) is 71.5 Å². The van der Waals surface area contributed by atoms with E-state index in [1.807, 2.05) is 31.2 Å². The third-order valence-electron chi connectivity index (χ3n) is 4.53. The van der Waals surface area contributed by atoms with Crippen molar-refractivity contribution in [3.8, 4) is 0 Å². The molecule has 5 heteroatoms. The summed E-state index contributed by atoms with van der Waals surface area (Å²) in [7, 11) is 0. The van der Waals surface area contributed by atoms with Crippen molar-refractivity contribution in [3.63, 3.8) is 0 Å². The predicted octanol–water partition coefficient (Wildman–Crippen LogP) is 3.66. The van der Waals surface area contributed by atoms with Gasteiger partial charge < -0.3 is 15.4 Å². The molecule has 2 N–H and O–H groups in total. The molecule has 2 aromatic rings. The van der Waals surface area contributed by atoms with Gasteiger partial charge in [0.25, 0.3) is 0 Å². The van der Waals surface area contributed by atoms with Crippen LogP contribution in [0.15, 0.2) is 59.6 Å². The second-order valence-corrected chi connectivity index (χ2v) is 6.46. The number of rotatable bonds is 6. The molecular formula is C21H26FN3O. The molecule has 4 nitrogen and oxygen atoms in total. The van der Waals surface area contributed by atoms with Gasteiger partial charge in [0.2, 0.25) is 0 Å². The smallest absolute Gasteiger partial charge is 0.191 e. The van der Waals surface area contributed by atoms with Crippen molar-refractivity contribution in [1.29, 1.82) is 0 Å². The summed E-state index contributed by atoms with van der Waals surface area (Å²) in [4.78, 5) is 4.57. The summed E-state index contributed by atoms with van der Waals surface area (Å²) in [5.41, 5.74) is 2.08. The summed E-state index contributed by atoms with van der Waals surface area (Å²) in [6.07, 6.45) is 1.14. The van der Waals surface area contributed by atoms with Crippen LogP contribution in [0.2, 0.25) is 0 Å². The largest absolute Gasteiger partial charge is 0.373 e. The normalized spacial score (nSPS) is 20.2. The minimum Gasteiger partial charge on any atom is -0.373 e. The molecule has 3 rings (SSSR count). The van der Waals surface area contributed by atoms with Crippen LogP contribution >= 0.6 is 0 Å². The Morgan fingerprint density at radius 1 is 1.15 bits per heavy atom. The van der Waals surface area contributed by atoms with E-state index in [1.165, 1.54) is 17.7 Å². The zero-order valence-corrected chi connectivity index (χ0v) is 15.1. The van der Waals surface area contributed by atoms with E-state index >= 15 is 0 Å². The van der Waals surface area contributed by atoms with Gasteiger partial charge in [-0.3, -0.25) is 0 Å². The lowest BCUT2D eigenvalue weighted by atomic mass is 9.95. The first-order valence-corrected chi connectivity index (χ1v) is 9.19. The molecule has 2 aromatic carbocycles. The van der Waals surface area contributed by atoms with Crippen LogP contribution in [0.4, 0.5) is 4.39 Å². The highest BCUT2D eigenvalue weighted by molar-refractivity contribution is 5.79. The number of ether oxygens (including phenoxy) is 1. The van der Waals surface area contributed by atoms with Gasteiger partial charge in [-0.25, -0.2) is 9.38 Å². The molecule has 0 aliphatic carbocycles. The highest BCUT2D eigenvalue weighted by atomic mass is 19.1. The Kier molecular flexibility index (Phi) is 6.61. The molecule has 1 aliphatic rings. The number of benzene rings is 2. The fourth-order valence-electron chi connectivity index (χ4n) is 3.23. The standard InChI is InChI=1S/C21H26FN3O/c1-2-23-21(24-14-16-7-6-10-19(22)13-16)25-15-18-11-12-26-20(18)17-8-4-3-5-9-17/h3-10,13,18,20H,2,11-12,14-15H2,1H3,(H2,23,24,25). The fraction of sp³-hybridized carbons (Fsp3) is 0.381. The molecule has 0 bridgehead atoms. The van der Waals surface area contributed by atoms with Crippen LogP contribution in [0, 0.1) is 11.7 Å². The highest BCUT2D eigenvalue weighted by Crippen LogP contribution is 2.33. The van der Waals surface area contributed by atoms with Gasteiger partial charge in [0.05, 0.1) is 12.6 Å². The Morgan fingerprint density at radius 3 is 2.77 bits per heavy atom. The molecule has 1 fully saturated rings. The molecule has 1 aliphatic heterocycles. The van der Waals surface area contributed by atoms with Gasteiger partial charge in [0, 0.05) is 25.6 Å². The summed E-state index contributed by atoms with van der Waals surface area (Å²) < 4.78 is 19.2. The van der Waals surface area contributed by atoms with Crippen molar-refractivity contribution in [2.75, 3.05) is 19.7 Å². The van der Waals surface area contributed by atoms with Gasteiger partial charge in [-0.15, -0.1) is 0 Å². The van der Waals surface area contributed by atoms with Crippen LogP contribution in [-0.4, -0.2) is 25.7 Å². The average molecular weight is 355 g/mol. The molecule has 138 valence electrons. The zero-order valence-electron chi connectivity index (χ0n) is 15.1. The van der Waals surface area contributed by atoms with E-state index in [-0.39, 0.29) is 11.9 Å². The van der Waals surface area contributed by atoms with E-state index in [0.717, 1.165) is 37.6 Å². The van der Waals surface area contributed by atoms with Crippen molar-refractivity contribution in [1.82, 2.24) is 10.6 Å². The van der Waals surface area contributed by atoms with E-state index in [2.05, 4.69) is 27.8 Å². The maximum absolute atomic E-state index is 13.3. The zero-order chi connectivity index (χ0) is 18.2. The lowest BCUT2D eigenvalue weighted by Crippen LogP contribution is -2.40. The van der Waals surface area contributed by atoms with Crippen LogP contribution in [0.5, 0.6) is 0 Å². The Bertz CT molecular complexity index is 720. The predicted molar refractivity (Wildman–Crippen MR) is 102 cm³/mol. The van der Waals surface area contributed by atoms with E-state index in [0.29, 0.717) is 12.5 Å². The molecule has 0 saturated carbocycles. The first-order valence-electron chi connectivity index (χ1n) is 9.19. The van der Waals surface area contributed by atoms with Gasteiger partial charge in [-0.05, 0) is 36.6 Å². The summed E-state index contributed by atoms with van der Waals surface area (Å²) in [5, 5.41) is 6.66. The van der Waals surface area contributed by atoms with Crippen molar-refractivity contribution in [2.45, 2.75) is 26.0 Å². The number of aliphatic imine (C=N–C) groups is 1. The summed E-state index contributed by atoms with van der Waals surface area (Å²) in [6, 6.07) is 16.9. The Hall–Kier alpha value is -2.40. The van der Waals surface area contributed by atoms with Crippen molar-refractivity contribution >= 4 is 5.96 Å². The topological polar surface area (TPSA) is 45.7 Å². The highest BCUT2D eigenvalue weighted by Gasteiger charge is 2.29. The van der Waals surface area contributed by atoms with Crippen molar-refractivity contribution in [2.24, 2.45) is 10.9 Å². The summed E-state index contributed by atoms with van der Waals surface area (Å²) in [6.45, 7) is 4.82. The number of guanidine groups is 1. The SMILES string of the molecule is CCNC(=NCc1cccc(F)c1)NCC1CCOC1c1ccccc1. The van der Waals surface area contributed by atoms with Gasteiger partial charge in [0.15, 0.2) is 5.96 Å². The molecule has 2 atom stereocenters. The van der Waals surface area contributed by atoms with Crippen LogP contribution in [-0.2, 0) is 11.3 Å². The molecule has 2 unspecified atom stereocenters. The van der Waals surface area contributed by atoms with Crippen LogP contribution in [0.25, 0.3) is 0 Å². The molecule has 0 spiro atoms. The third-order valence-corrected chi connectivity index (χ3v) is 4.53. The van der Waals surface area contributed by atoms with E-state index < -0.39 is 0 Å². The Morgan fingerprint density at radius 2 is 2.00 bits per heavy atom. The number of nitrogens with one attached hydrogen (secondary N) is 2. The van der Waals surface area contributed by atoms with Gasteiger partial charge in [-0.1, -0.05) is 42.5 Å². The van der Waals surface area contributed by atoms with E-state index in [4.69, 9.17) is 4.74 Å². The van der Waals surface area contributed by atoms with Crippen LogP contribution in [0.3, 0.4) is 0 Å². The van der Waals surface area contributed by atoms with Crippen molar-refractivity contribution < 1.29 is 9.13 Å². The molecule has 0 aromatic heterocycles. The second-order valence-electron chi connectivity index (χ2n) is 6.46. The number of hydrogen-bond acceptors (Lipinski definition) is 2. The first kappa shape index (κ1) is 18.4. The Labute approximate surface area is 154 Å². The molecule has 26 heavy (non-hydrogen) atoms. The van der Waals surface area contributed by atoms with E-state index in [1.54, 1.807) is 6.07 Å². The first-order chi connectivity index (χ1) is 12.8. The molecule has 0 amide bonds. The maximum Gasteiger partial charge on any atom is 0.191 e. The maximum atomic E-state index is 13.3. The number of hydrogen-bond donors (Lipinski definition) is 2. The monoisotopic (exact) mass is 355 g/mol. The third kappa shape index (κ3) is 5.05. The lowest BCUT2D eigenvalue weighted by molar-refractivity contribution is 0.0915. The minimum atomic E-state index is -0.232. The Balaban J connectivity index is 1.60. The van der Waals surface area contributed by atoms with Gasteiger partial charge in [-0.2, -0.15) is 0 Å². The average Bonchev–Trinajstić information content (AvgIpc) is 3.13. The molecular weight excluding hydrogens is 329 g/mol. The van der Waals surface area contributed by atoms with Gasteiger partial charge >= 0.3 is 0 Å². The van der Waals surface area contributed by atoms with Gasteiger partial charge in [0.1, 0.15) is 5.82 Å². The van der Waals surface area contributed by atoms with E-state index in [9.17, 15) is 4.39 Å². The molecule has 0 radical (unpaired) electrons.